The second kappa shape index (κ2) is 15.6. The van der Waals surface area contributed by atoms with Gasteiger partial charge >= 0.3 is 0 Å². The molecule has 2 aromatic heterocycles. The predicted molar refractivity (Wildman–Crippen MR) is 307 cm³/mol. The average molecular weight is 941 g/mol. The fourth-order valence-corrected chi connectivity index (χ4v) is 13.2. The lowest BCUT2D eigenvalue weighted by Crippen LogP contribution is -2.33. The second-order valence-electron chi connectivity index (χ2n) is 19.8. The van der Waals surface area contributed by atoms with Gasteiger partial charge in [-0.2, -0.15) is 0 Å². The van der Waals surface area contributed by atoms with Crippen LogP contribution in [0.5, 0.6) is 0 Å². The summed E-state index contributed by atoms with van der Waals surface area (Å²) >= 11 is 0. The van der Waals surface area contributed by atoms with Crippen molar-refractivity contribution in [3.63, 3.8) is 0 Å². The minimum Gasteiger partial charge on any atom is -0.455 e. The lowest BCUT2D eigenvalue weighted by Gasteiger charge is -2.40. The summed E-state index contributed by atoms with van der Waals surface area (Å²) < 4.78 is 9.11. The summed E-state index contributed by atoms with van der Waals surface area (Å²) in [5, 5.41) is 7.24. The fourth-order valence-electron chi connectivity index (χ4n) is 13.2. The zero-order chi connectivity index (χ0) is 48.5. The fraction of sp³-hybridized carbons (Fsp3) is 0.0141. The van der Waals surface area contributed by atoms with Crippen LogP contribution in [0.3, 0.4) is 0 Å². The van der Waals surface area contributed by atoms with Crippen molar-refractivity contribution >= 4 is 71.6 Å². The minimum atomic E-state index is -0.607. The number of hydrogen-bond acceptors (Lipinski definition) is 2. The SMILES string of the molecule is c1ccc(-c2cccc3ccccc23)c(-c2ccccc2N(c2ccc(-c3cccc4c3oc3ccccc34)cc2)c2ccc3c(c2)C2(c4ccccc4-3)c3ccccc3-n3c4ccccc4c4cccc2c43)c1. The molecule has 1 spiro atoms. The summed E-state index contributed by atoms with van der Waals surface area (Å²) in [6, 6.07) is 98.6. The molecule has 344 valence electrons. The maximum absolute atomic E-state index is 6.59. The Morgan fingerprint density at radius 2 is 0.905 bits per heavy atom. The van der Waals surface area contributed by atoms with E-state index in [0.29, 0.717) is 0 Å². The molecule has 0 bridgehead atoms. The Labute approximate surface area is 428 Å². The van der Waals surface area contributed by atoms with E-state index in [9.17, 15) is 0 Å². The van der Waals surface area contributed by atoms with Gasteiger partial charge in [-0.25, -0.2) is 0 Å². The highest BCUT2D eigenvalue weighted by Gasteiger charge is 2.51. The molecule has 0 fully saturated rings. The monoisotopic (exact) mass is 940 g/mol. The summed E-state index contributed by atoms with van der Waals surface area (Å²) in [4.78, 5) is 2.49. The molecule has 1 atom stereocenters. The van der Waals surface area contributed by atoms with Gasteiger partial charge in [-0.05, 0) is 115 Å². The van der Waals surface area contributed by atoms with Crippen LogP contribution in [0.1, 0.15) is 22.3 Å². The van der Waals surface area contributed by atoms with Gasteiger partial charge in [-0.15, -0.1) is 0 Å². The summed E-state index contributed by atoms with van der Waals surface area (Å²) in [5.41, 5.74) is 22.7. The first kappa shape index (κ1) is 41.0. The highest BCUT2D eigenvalue weighted by atomic mass is 16.3. The Hall–Kier alpha value is -9.70. The van der Waals surface area contributed by atoms with Crippen LogP contribution in [0.15, 0.2) is 271 Å². The number of aromatic nitrogens is 1. The molecule has 0 saturated heterocycles. The quantitative estimate of drug-likeness (QED) is 0.166. The zero-order valence-corrected chi connectivity index (χ0v) is 40.2. The molecule has 3 heteroatoms. The largest absolute Gasteiger partial charge is 0.455 e. The molecule has 0 amide bonds. The maximum Gasteiger partial charge on any atom is 0.143 e. The molecule has 2 aliphatic rings. The average Bonchev–Trinajstić information content (AvgIpc) is 4.19. The topological polar surface area (TPSA) is 21.3 Å². The lowest BCUT2D eigenvalue weighted by atomic mass is 9.65. The predicted octanol–water partition coefficient (Wildman–Crippen LogP) is 19.0. The van der Waals surface area contributed by atoms with E-state index in [0.717, 1.165) is 55.7 Å². The first-order chi connectivity index (χ1) is 36.7. The van der Waals surface area contributed by atoms with Crippen molar-refractivity contribution in [2.24, 2.45) is 0 Å². The molecule has 3 nitrogen and oxygen atoms in total. The van der Waals surface area contributed by atoms with E-state index in [-0.39, 0.29) is 0 Å². The zero-order valence-electron chi connectivity index (χ0n) is 40.2. The number of benzene rings is 12. The van der Waals surface area contributed by atoms with Gasteiger partial charge in [0.1, 0.15) is 11.2 Å². The van der Waals surface area contributed by atoms with Crippen LogP contribution in [0.4, 0.5) is 17.1 Å². The number of anilines is 3. The van der Waals surface area contributed by atoms with Gasteiger partial charge in [0.2, 0.25) is 0 Å². The third-order valence-corrected chi connectivity index (χ3v) is 16.2. The van der Waals surface area contributed by atoms with Crippen LogP contribution >= 0.6 is 0 Å². The van der Waals surface area contributed by atoms with Crippen molar-refractivity contribution in [2.45, 2.75) is 5.41 Å². The van der Waals surface area contributed by atoms with Crippen molar-refractivity contribution in [3.8, 4) is 50.2 Å². The molecule has 12 aromatic carbocycles. The van der Waals surface area contributed by atoms with E-state index in [4.69, 9.17) is 4.42 Å². The van der Waals surface area contributed by atoms with E-state index < -0.39 is 5.41 Å². The number of nitrogens with zero attached hydrogens (tertiary/aromatic N) is 2. The first-order valence-electron chi connectivity index (χ1n) is 25.6. The molecule has 0 saturated carbocycles. The molecule has 0 N–H and O–H groups in total. The Morgan fingerprint density at radius 3 is 1.78 bits per heavy atom. The van der Waals surface area contributed by atoms with Gasteiger partial charge in [0.15, 0.2) is 0 Å². The standard InChI is InChI=1S/C71H44N2O/c1-2-20-49-45(18-1)19-15-28-51(49)52-21-3-4-22-53(52)56-24-6-11-34-65(56)72(47-40-38-46(39-41-47)50-27-16-30-60-58-26-8-14-37-68(58)74-70(50)60)48-42-43-55-54-23-5-9-31-61(54)71(64(55)44-48)62-32-10-13-36-67(62)73-66-35-12-7-25-57(66)59-29-17-33-63(71)69(59)73/h1-44H. The molecule has 74 heavy (non-hydrogen) atoms. The normalized spacial score (nSPS) is 14.3. The molecular weight excluding hydrogens is 897 g/mol. The third-order valence-electron chi connectivity index (χ3n) is 16.2. The Bertz CT molecular complexity index is 4620. The van der Waals surface area contributed by atoms with Crippen LogP contribution in [-0.4, -0.2) is 4.57 Å². The molecule has 14 aromatic rings. The number of hydrogen-bond donors (Lipinski definition) is 0. The number of para-hydroxylation sites is 6. The maximum atomic E-state index is 6.59. The van der Waals surface area contributed by atoms with Crippen molar-refractivity contribution in [1.29, 1.82) is 0 Å². The van der Waals surface area contributed by atoms with Gasteiger partial charge < -0.3 is 13.9 Å². The lowest BCUT2D eigenvalue weighted by molar-refractivity contribution is 0.670. The van der Waals surface area contributed by atoms with E-state index in [1.165, 1.54) is 88.3 Å². The van der Waals surface area contributed by atoms with E-state index in [1.807, 2.05) is 6.07 Å². The summed E-state index contributed by atoms with van der Waals surface area (Å²) in [5.74, 6) is 0. The second-order valence-corrected chi connectivity index (χ2v) is 19.8. The third kappa shape index (κ3) is 5.61. The van der Waals surface area contributed by atoms with Gasteiger partial charge in [0, 0.05) is 44.0 Å². The van der Waals surface area contributed by atoms with Crippen LogP contribution in [0.2, 0.25) is 0 Å². The first-order valence-corrected chi connectivity index (χ1v) is 25.6. The molecule has 1 aliphatic heterocycles. The van der Waals surface area contributed by atoms with E-state index in [2.05, 4.69) is 270 Å². The highest BCUT2D eigenvalue weighted by Crippen LogP contribution is 2.62. The number of furan rings is 1. The van der Waals surface area contributed by atoms with Crippen LogP contribution in [0, 0.1) is 0 Å². The number of rotatable bonds is 6. The van der Waals surface area contributed by atoms with Crippen molar-refractivity contribution in [1.82, 2.24) is 4.57 Å². The van der Waals surface area contributed by atoms with Crippen LogP contribution < -0.4 is 4.90 Å². The molecule has 0 radical (unpaired) electrons. The Morgan fingerprint density at radius 1 is 0.338 bits per heavy atom. The van der Waals surface area contributed by atoms with Crippen molar-refractivity contribution in [2.75, 3.05) is 4.90 Å². The van der Waals surface area contributed by atoms with Gasteiger partial charge in [-0.1, -0.05) is 218 Å². The minimum absolute atomic E-state index is 0.607. The molecule has 3 heterocycles. The Kier molecular flexibility index (Phi) is 8.66. The molecule has 16 rings (SSSR count). The van der Waals surface area contributed by atoms with E-state index in [1.54, 1.807) is 0 Å². The molecular formula is C71H44N2O. The van der Waals surface area contributed by atoms with E-state index >= 15 is 0 Å². The van der Waals surface area contributed by atoms with Gasteiger partial charge in [0.05, 0.1) is 27.8 Å². The number of fused-ring (bicyclic) bond motifs is 16. The van der Waals surface area contributed by atoms with Crippen molar-refractivity contribution < 1.29 is 4.42 Å². The summed E-state index contributed by atoms with van der Waals surface area (Å²) in [7, 11) is 0. The van der Waals surface area contributed by atoms with Gasteiger partial charge in [0.25, 0.3) is 0 Å². The summed E-state index contributed by atoms with van der Waals surface area (Å²) in [6.07, 6.45) is 0. The molecule has 1 unspecified atom stereocenters. The molecule has 1 aliphatic carbocycles. The van der Waals surface area contributed by atoms with Crippen molar-refractivity contribution in [3.05, 3.63) is 289 Å². The van der Waals surface area contributed by atoms with Gasteiger partial charge in [-0.3, -0.25) is 0 Å². The highest BCUT2D eigenvalue weighted by molar-refractivity contribution is 6.13. The Balaban J connectivity index is 0.955. The summed E-state index contributed by atoms with van der Waals surface area (Å²) in [6.45, 7) is 0. The van der Waals surface area contributed by atoms with Crippen LogP contribution in [0.25, 0.3) is 105 Å². The smallest absolute Gasteiger partial charge is 0.143 e. The van der Waals surface area contributed by atoms with Crippen LogP contribution in [-0.2, 0) is 5.41 Å².